The summed E-state index contributed by atoms with van der Waals surface area (Å²) in [5, 5.41) is 6.87. The Kier molecular flexibility index (Phi) is 9.46. The molecule has 0 saturated heterocycles. The molecule has 6 N–H and O–H groups in total. The van der Waals surface area contributed by atoms with Gasteiger partial charge in [0.2, 0.25) is 5.52 Å². The van der Waals surface area contributed by atoms with Gasteiger partial charge in [-0.15, -0.1) is 11.3 Å². The maximum absolute atomic E-state index is 14.4. The van der Waals surface area contributed by atoms with Crippen molar-refractivity contribution in [2.24, 2.45) is 0 Å². The molecule has 0 fully saturated rings. The molecule has 2 heterocycles. The lowest BCUT2D eigenvalue weighted by atomic mass is 10.1. The Hall–Kier alpha value is -3.26. The van der Waals surface area contributed by atoms with Gasteiger partial charge in [0.25, 0.3) is 5.91 Å². The fourth-order valence-corrected chi connectivity index (χ4v) is 6.85. The van der Waals surface area contributed by atoms with E-state index in [1.165, 1.54) is 42.7 Å². The molecule has 13 nitrogen and oxygen atoms in total. The third-order valence-electron chi connectivity index (χ3n) is 5.74. The highest BCUT2D eigenvalue weighted by Gasteiger charge is 2.44. The van der Waals surface area contributed by atoms with Crippen LogP contribution in [0.2, 0.25) is 0 Å². The Morgan fingerprint density at radius 3 is 2.36 bits per heavy atom. The summed E-state index contributed by atoms with van der Waals surface area (Å²) in [5.41, 5.74) is -1.59. The van der Waals surface area contributed by atoms with Gasteiger partial charge in [0.05, 0.1) is 18.6 Å². The van der Waals surface area contributed by atoms with Gasteiger partial charge in [-0.1, -0.05) is 18.2 Å². The zero-order valence-electron chi connectivity index (χ0n) is 22.3. The van der Waals surface area contributed by atoms with Crippen LogP contribution >= 0.6 is 26.5 Å². The minimum Gasteiger partial charge on any atom is -0.494 e. The summed E-state index contributed by atoms with van der Waals surface area (Å²) in [5.74, 6) is -1.39. The van der Waals surface area contributed by atoms with Crippen LogP contribution in [0.4, 0.5) is 15.9 Å². The summed E-state index contributed by atoms with van der Waals surface area (Å²) < 4.78 is 48.8. The summed E-state index contributed by atoms with van der Waals surface area (Å²) in [4.78, 5) is 60.7. The summed E-state index contributed by atoms with van der Waals surface area (Å²) in [6, 6.07) is 11.9. The predicted molar refractivity (Wildman–Crippen MR) is 155 cm³/mol. The van der Waals surface area contributed by atoms with Crippen LogP contribution in [-0.2, 0) is 18.7 Å². The molecule has 0 aliphatic carbocycles. The lowest BCUT2D eigenvalue weighted by Gasteiger charge is -2.22. The second kappa shape index (κ2) is 12.5. The lowest BCUT2D eigenvalue weighted by Crippen LogP contribution is -2.26. The SMILES string of the molecule is COc1ccc([C@@H](OC(C)C)C(=O)Nc2cccc(-c3nc(NC(P(=O)(O)O)P(=O)(O)O)c4ccsc4n3)c2)cc1F. The number of thiophene rings is 1. The minimum atomic E-state index is -5.31. The third-order valence-corrected chi connectivity index (χ3v) is 9.89. The van der Waals surface area contributed by atoms with Crippen LogP contribution in [0.15, 0.2) is 53.9 Å². The number of anilines is 2. The van der Waals surface area contributed by atoms with Crippen molar-refractivity contribution < 1.29 is 47.4 Å². The standard InChI is InChI=1S/C25H27FN4O9P2S/c1-13(2)39-20(14-7-8-19(38-3)18(26)12-14)23(31)27-16-6-4-5-15(11-16)21-28-22(17-9-10-42-24(17)29-21)30-25(40(32,33)34)41(35,36)37/h4-13,20,25H,1-3H3,(H,27,31)(H,28,29,30)(H2,32,33,34)(H2,35,36,37)/t20-/m1/s1. The Bertz CT molecular complexity index is 1690. The quantitative estimate of drug-likeness (QED) is 0.124. The van der Waals surface area contributed by atoms with E-state index < -0.39 is 38.5 Å². The number of aromatic nitrogens is 2. The van der Waals surface area contributed by atoms with E-state index in [0.717, 1.165) is 6.07 Å². The number of hydrogen-bond donors (Lipinski definition) is 6. The number of benzene rings is 2. The number of amides is 1. The molecule has 0 saturated carbocycles. The van der Waals surface area contributed by atoms with Crippen molar-refractivity contribution in [3.8, 4) is 17.1 Å². The van der Waals surface area contributed by atoms with Gasteiger partial charge < -0.3 is 39.7 Å². The largest absolute Gasteiger partial charge is 0.494 e. The summed E-state index contributed by atoms with van der Waals surface area (Å²) in [6.07, 6.45) is -1.54. The van der Waals surface area contributed by atoms with E-state index >= 15 is 0 Å². The molecular formula is C25H27FN4O9P2S. The molecule has 2 aromatic carbocycles. The molecule has 0 aliphatic rings. The van der Waals surface area contributed by atoms with Gasteiger partial charge in [0, 0.05) is 11.3 Å². The van der Waals surface area contributed by atoms with Gasteiger partial charge in [-0.25, -0.2) is 14.4 Å². The molecule has 224 valence electrons. The smallest absolute Gasteiger partial charge is 0.360 e. The van der Waals surface area contributed by atoms with Crippen molar-refractivity contribution in [3.05, 3.63) is 65.3 Å². The monoisotopic (exact) mass is 640 g/mol. The van der Waals surface area contributed by atoms with Crippen LogP contribution in [0.3, 0.4) is 0 Å². The Morgan fingerprint density at radius 1 is 1.02 bits per heavy atom. The first kappa shape index (κ1) is 31.7. The zero-order valence-corrected chi connectivity index (χ0v) is 24.9. The number of nitrogens with one attached hydrogen (secondary N) is 2. The fourth-order valence-electron chi connectivity index (χ4n) is 3.93. The van der Waals surface area contributed by atoms with Crippen LogP contribution in [0.25, 0.3) is 21.6 Å². The Labute approximate surface area is 243 Å². The molecule has 1 atom stereocenters. The zero-order chi connectivity index (χ0) is 30.8. The number of nitrogens with zero attached hydrogens (tertiary/aromatic N) is 2. The number of carbonyl (C=O) groups excluding carboxylic acids is 1. The number of rotatable bonds is 11. The second-order valence-corrected chi connectivity index (χ2v) is 14.0. The van der Waals surface area contributed by atoms with Crippen molar-refractivity contribution in [3.63, 3.8) is 0 Å². The number of carbonyl (C=O) groups is 1. The number of methoxy groups -OCH3 is 1. The molecule has 4 aromatic rings. The summed E-state index contributed by atoms with van der Waals surface area (Å²) >= 11 is 1.17. The van der Waals surface area contributed by atoms with E-state index in [2.05, 4.69) is 20.6 Å². The number of fused-ring (bicyclic) bond motifs is 1. The molecule has 0 spiro atoms. The molecule has 1 amide bonds. The maximum atomic E-state index is 14.4. The molecule has 2 aromatic heterocycles. The van der Waals surface area contributed by atoms with E-state index in [-0.39, 0.29) is 29.1 Å². The Balaban J connectivity index is 1.67. The molecule has 17 heteroatoms. The molecule has 0 aliphatic heterocycles. The molecule has 0 radical (unpaired) electrons. The van der Waals surface area contributed by atoms with Crippen LogP contribution in [0, 0.1) is 5.82 Å². The number of ether oxygens (including phenoxy) is 2. The van der Waals surface area contributed by atoms with E-state index in [9.17, 15) is 37.9 Å². The van der Waals surface area contributed by atoms with Crippen molar-refractivity contribution in [1.29, 1.82) is 0 Å². The normalized spacial score (nSPS) is 13.0. The average Bonchev–Trinajstić information content (AvgIpc) is 3.38. The highest BCUT2D eigenvalue weighted by atomic mass is 32.1. The van der Waals surface area contributed by atoms with Gasteiger partial charge in [-0.3, -0.25) is 13.9 Å². The van der Waals surface area contributed by atoms with Crippen molar-refractivity contribution in [2.75, 3.05) is 17.7 Å². The molecule has 42 heavy (non-hydrogen) atoms. The predicted octanol–water partition coefficient (Wildman–Crippen LogP) is 4.66. The first-order chi connectivity index (χ1) is 19.7. The van der Waals surface area contributed by atoms with Crippen molar-refractivity contribution in [2.45, 2.75) is 31.6 Å². The van der Waals surface area contributed by atoms with Gasteiger partial charge in [-0.2, -0.15) is 0 Å². The summed E-state index contributed by atoms with van der Waals surface area (Å²) in [7, 11) is -9.29. The maximum Gasteiger partial charge on any atom is 0.360 e. The van der Waals surface area contributed by atoms with Crippen LogP contribution < -0.4 is 15.4 Å². The number of halogens is 1. The first-order valence-electron chi connectivity index (χ1n) is 12.2. The molecule has 4 rings (SSSR count). The summed E-state index contributed by atoms with van der Waals surface area (Å²) in [6.45, 7) is 3.46. The van der Waals surface area contributed by atoms with Gasteiger partial charge in [0.1, 0.15) is 10.6 Å². The highest BCUT2D eigenvalue weighted by Crippen LogP contribution is 2.59. The topological polar surface area (TPSA) is 200 Å². The lowest BCUT2D eigenvalue weighted by molar-refractivity contribution is -0.130. The molecule has 0 bridgehead atoms. The van der Waals surface area contributed by atoms with Crippen molar-refractivity contribution >= 4 is 54.2 Å². The van der Waals surface area contributed by atoms with Crippen molar-refractivity contribution in [1.82, 2.24) is 9.97 Å². The van der Waals surface area contributed by atoms with Crippen LogP contribution in [0.5, 0.6) is 5.75 Å². The molecular weight excluding hydrogens is 613 g/mol. The van der Waals surface area contributed by atoms with Crippen LogP contribution in [-0.4, -0.2) is 54.2 Å². The van der Waals surface area contributed by atoms with Gasteiger partial charge in [-0.05, 0) is 55.1 Å². The van der Waals surface area contributed by atoms with E-state index in [0.29, 0.717) is 21.5 Å². The average molecular weight is 641 g/mol. The van der Waals surface area contributed by atoms with Gasteiger partial charge in [0.15, 0.2) is 23.5 Å². The number of hydrogen-bond acceptors (Lipinski definition) is 9. The van der Waals surface area contributed by atoms with E-state index in [1.807, 2.05) is 0 Å². The second-order valence-electron chi connectivity index (χ2n) is 9.26. The van der Waals surface area contributed by atoms with Crippen LogP contribution in [0.1, 0.15) is 25.5 Å². The van der Waals surface area contributed by atoms with Gasteiger partial charge >= 0.3 is 15.2 Å². The van der Waals surface area contributed by atoms with E-state index in [1.54, 1.807) is 37.4 Å². The molecule has 0 unspecified atom stereocenters. The minimum absolute atomic E-state index is 0.0135. The Morgan fingerprint density at radius 2 is 1.74 bits per heavy atom. The fraction of sp³-hybridized carbons (Fsp3) is 0.240. The highest BCUT2D eigenvalue weighted by molar-refractivity contribution is 7.71. The van der Waals surface area contributed by atoms with E-state index in [4.69, 9.17) is 9.47 Å². The first-order valence-corrected chi connectivity index (χ1v) is 16.4. The third kappa shape index (κ3) is 7.38.